The predicted octanol–water partition coefficient (Wildman–Crippen LogP) is 8.01. The molecule has 5 nitrogen and oxygen atoms in total. The van der Waals surface area contributed by atoms with Gasteiger partial charge in [0.15, 0.2) is 0 Å². The van der Waals surface area contributed by atoms with Gasteiger partial charge in [-0.05, 0) is 24.8 Å². The van der Waals surface area contributed by atoms with Crippen LogP contribution in [-0.4, -0.2) is 45.9 Å². The number of urea groups is 1. The Labute approximate surface area is 213 Å². The Morgan fingerprint density at radius 3 is 2.29 bits per heavy atom. The molecular weight excluding hydrogens is 432 g/mol. The third kappa shape index (κ3) is 7.09. The summed E-state index contributed by atoms with van der Waals surface area (Å²) in [5.74, 6) is 2.24. The van der Waals surface area contributed by atoms with E-state index in [4.69, 9.17) is 0 Å². The fourth-order valence-corrected chi connectivity index (χ4v) is 5.01. The Hall–Kier alpha value is -2.82. The van der Waals surface area contributed by atoms with Gasteiger partial charge in [-0.3, -0.25) is 4.90 Å². The van der Waals surface area contributed by atoms with E-state index in [0.717, 1.165) is 17.8 Å². The normalized spacial score (nSPS) is 21.3. The number of imidazole rings is 1. The maximum Gasteiger partial charge on any atom is 0.324 e. The summed E-state index contributed by atoms with van der Waals surface area (Å²) >= 11 is 0. The lowest BCUT2D eigenvalue weighted by atomic mass is 9.89. The van der Waals surface area contributed by atoms with Crippen LogP contribution < -0.4 is 0 Å². The molecule has 2 atom stereocenters. The van der Waals surface area contributed by atoms with Crippen molar-refractivity contribution in [2.45, 2.75) is 85.1 Å². The van der Waals surface area contributed by atoms with Crippen LogP contribution in [0.5, 0.6) is 0 Å². The number of rotatable bonds is 2. The van der Waals surface area contributed by atoms with E-state index in [1.165, 1.54) is 43.5 Å². The van der Waals surface area contributed by atoms with Crippen LogP contribution in [0.15, 0.2) is 60.5 Å². The first-order chi connectivity index (χ1) is 17.1. The number of allylic oxidation sites excluding steroid dienone is 2. The second kappa shape index (κ2) is 14.6. The highest BCUT2D eigenvalue weighted by Crippen LogP contribution is 2.32. The lowest BCUT2D eigenvalue weighted by molar-refractivity contribution is 0.198. The number of likely N-dealkylation sites (N-methyl/N-ethyl adjacent to an activating group) is 2. The quantitative estimate of drug-likeness (QED) is 0.444. The molecule has 1 saturated heterocycles. The zero-order valence-corrected chi connectivity index (χ0v) is 22.9. The van der Waals surface area contributed by atoms with Crippen LogP contribution in [0.1, 0.15) is 84.9 Å². The summed E-state index contributed by atoms with van der Waals surface area (Å²) in [6.45, 7) is 10.2. The van der Waals surface area contributed by atoms with Crippen LogP contribution in [-0.2, 0) is 0 Å². The minimum atomic E-state index is 0.100. The Bertz CT molecular complexity index is 940. The Balaban J connectivity index is 0.000000220. The molecule has 1 aromatic heterocycles. The molecule has 2 aromatic rings. The van der Waals surface area contributed by atoms with E-state index in [0.29, 0.717) is 11.8 Å². The number of aromatic amines is 1. The van der Waals surface area contributed by atoms with Crippen molar-refractivity contribution in [1.82, 2.24) is 19.8 Å². The molecule has 3 aliphatic rings. The molecule has 1 aliphatic heterocycles. The first kappa shape index (κ1) is 28.4. The number of nitrogens with one attached hydrogen (secondary N) is 1. The van der Waals surface area contributed by atoms with E-state index < -0.39 is 0 Å². The third-order valence-electron chi connectivity index (χ3n) is 6.77. The number of benzene rings is 1. The molecule has 2 aliphatic carbocycles. The minimum Gasteiger partial charge on any atom is -0.342 e. The van der Waals surface area contributed by atoms with Crippen molar-refractivity contribution in [2.75, 3.05) is 14.1 Å². The third-order valence-corrected chi connectivity index (χ3v) is 6.77. The van der Waals surface area contributed by atoms with Gasteiger partial charge in [-0.1, -0.05) is 102 Å². The zero-order valence-electron chi connectivity index (χ0n) is 22.9. The van der Waals surface area contributed by atoms with E-state index in [9.17, 15) is 4.79 Å². The van der Waals surface area contributed by atoms with Crippen molar-refractivity contribution in [1.29, 1.82) is 0 Å². The molecule has 192 valence electrons. The van der Waals surface area contributed by atoms with Crippen LogP contribution in [0.4, 0.5) is 4.79 Å². The number of amides is 2. The van der Waals surface area contributed by atoms with Crippen LogP contribution in [0.2, 0.25) is 0 Å². The van der Waals surface area contributed by atoms with Gasteiger partial charge >= 0.3 is 6.03 Å². The molecule has 1 aromatic carbocycles. The Kier molecular flexibility index (Phi) is 11.8. The summed E-state index contributed by atoms with van der Waals surface area (Å²) in [7, 11) is 3.72. The number of carbonyl (C=O) groups excluding carboxylic acids is 1. The smallest absolute Gasteiger partial charge is 0.324 e. The summed E-state index contributed by atoms with van der Waals surface area (Å²) in [6, 6.07) is 10.8. The highest BCUT2D eigenvalue weighted by atomic mass is 16.2. The van der Waals surface area contributed by atoms with Crippen molar-refractivity contribution >= 4 is 6.03 Å². The fourth-order valence-electron chi connectivity index (χ4n) is 5.01. The van der Waals surface area contributed by atoms with Crippen molar-refractivity contribution in [3.8, 4) is 11.3 Å². The number of hydrogen-bond acceptors (Lipinski definition) is 2. The van der Waals surface area contributed by atoms with Crippen molar-refractivity contribution in [3.63, 3.8) is 0 Å². The average molecular weight is 479 g/mol. The van der Waals surface area contributed by atoms with Gasteiger partial charge < -0.3 is 9.88 Å². The predicted molar refractivity (Wildman–Crippen MR) is 148 cm³/mol. The Morgan fingerprint density at radius 2 is 1.63 bits per heavy atom. The van der Waals surface area contributed by atoms with E-state index in [1.54, 1.807) is 4.90 Å². The van der Waals surface area contributed by atoms with Gasteiger partial charge in [-0.2, -0.15) is 0 Å². The summed E-state index contributed by atoms with van der Waals surface area (Å²) in [4.78, 5) is 23.3. The molecule has 1 saturated carbocycles. The van der Waals surface area contributed by atoms with Crippen molar-refractivity contribution < 1.29 is 4.79 Å². The molecule has 5 rings (SSSR count). The minimum absolute atomic E-state index is 0.100. The van der Waals surface area contributed by atoms with E-state index in [-0.39, 0.29) is 12.1 Å². The van der Waals surface area contributed by atoms with E-state index in [1.807, 2.05) is 59.0 Å². The molecule has 0 bridgehead atoms. The van der Waals surface area contributed by atoms with Gasteiger partial charge in [0, 0.05) is 31.6 Å². The number of hydrogen-bond donors (Lipinski definition) is 1. The van der Waals surface area contributed by atoms with Crippen molar-refractivity contribution in [2.24, 2.45) is 5.92 Å². The highest BCUT2D eigenvalue weighted by Gasteiger charge is 2.39. The van der Waals surface area contributed by atoms with Crippen molar-refractivity contribution in [3.05, 3.63) is 66.3 Å². The van der Waals surface area contributed by atoms with Gasteiger partial charge in [0.1, 0.15) is 5.82 Å². The molecule has 2 fully saturated rings. The molecule has 5 heteroatoms. The molecule has 0 radical (unpaired) electrons. The Morgan fingerprint density at radius 1 is 0.971 bits per heavy atom. The van der Waals surface area contributed by atoms with Crippen LogP contribution >= 0.6 is 0 Å². The topological polar surface area (TPSA) is 52.2 Å². The maximum absolute atomic E-state index is 11.7. The zero-order chi connectivity index (χ0) is 25.8. The lowest BCUT2D eigenvalue weighted by Crippen LogP contribution is -2.33. The first-order valence-corrected chi connectivity index (χ1v) is 13.5. The van der Waals surface area contributed by atoms with Gasteiger partial charge in [-0.15, -0.1) is 0 Å². The average Bonchev–Trinajstić information content (AvgIpc) is 3.44. The van der Waals surface area contributed by atoms with Crippen LogP contribution in [0.3, 0.4) is 0 Å². The molecule has 35 heavy (non-hydrogen) atoms. The standard InChI is InChI=1S/C15H18N2.C11H16N2O.2C2H6/c1-3-7-12(8-4-1)14-11-16-15(17-14)13-9-5-2-6-10-13;1-8-6-4-5-7-9-10(8)13(3)11(14)12(9)2;2*1-2/h1,3-4,7-8,11,13H,2,5-6,9-10H2,(H,16,17);4,6-8,10H,5H2,1-3H3;2*1-2H3. The van der Waals surface area contributed by atoms with Crippen LogP contribution in [0.25, 0.3) is 11.3 Å². The highest BCUT2D eigenvalue weighted by molar-refractivity contribution is 5.80. The lowest BCUT2D eigenvalue weighted by Gasteiger charge is -2.22. The second-order valence-corrected chi connectivity index (χ2v) is 8.93. The van der Waals surface area contributed by atoms with Gasteiger partial charge in [0.25, 0.3) is 0 Å². The molecule has 2 amide bonds. The van der Waals surface area contributed by atoms with Gasteiger partial charge in [0.2, 0.25) is 0 Å². The van der Waals surface area contributed by atoms with E-state index in [2.05, 4.69) is 59.4 Å². The molecule has 2 heterocycles. The summed E-state index contributed by atoms with van der Waals surface area (Å²) < 4.78 is 0. The summed E-state index contributed by atoms with van der Waals surface area (Å²) in [5, 5.41) is 0. The molecular formula is C30H46N4O. The number of fused-ring (bicyclic) bond motifs is 1. The summed E-state index contributed by atoms with van der Waals surface area (Å²) in [5.41, 5.74) is 3.52. The number of carbonyl (C=O) groups is 1. The monoisotopic (exact) mass is 478 g/mol. The second-order valence-electron chi connectivity index (χ2n) is 8.93. The largest absolute Gasteiger partial charge is 0.342 e. The first-order valence-electron chi connectivity index (χ1n) is 13.5. The van der Waals surface area contributed by atoms with Gasteiger partial charge in [-0.25, -0.2) is 9.78 Å². The molecule has 1 N–H and O–H groups in total. The molecule has 0 spiro atoms. The number of aromatic nitrogens is 2. The van der Waals surface area contributed by atoms with Gasteiger partial charge in [0.05, 0.1) is 17.9 Å². The number of nitrogens with zero attached hydrogens (tertiary/aromatic N) is 3. The maximum atomic E-state index is 11.7. The number of H-pyrrole nitrogens is 1. The van der Waals surface area contributed by atoms with E-state index >= 15 is 0 Å². The molecule has 2 unspecified atom stereocenters. The van der Waals surface area contributed by atoms with Crippen LogP contribution in [0, 0.1) is 5.92 Å². The SMILES string of the molecule is CC.CC.CC1C=CCC=C2C1N(C)C(=O)N2C.c1ccc(-c2cnc(C3CCCCC3)[nH]2)cc1. The fraction of sp³-hybridized carbons (Fsp3) is 0.533. The summed E-state index contributed by atoms with van der Waals surface area (Å²) in [6.07, 6.45) is 16.1.